The normalized spacial score (nSPS) is 12.6. The Labute approximate surface area is 76.9 Å². The maximum atomic E-state index is 11.0. The number of thiol groups is 1. The molecule has 66 valence electrons. The number of rotatable bonds is 5. The number of carbonyl (C=O) groups excluding carboxylic acids is 1. The molecule has 0 aromatic carbocycles. The molecule has 0 amide bonds. The first-order chi connectivity index (χ1) is 5.26. The van der Waals surface area contributed by atoms with Crippen LogP contribution in [0, 0.1) is 5.92 Å². The number of hydrogen-bond donors (Lipinski definition) is 1. The van der Waals surface area contributed by atoms with E-state index in [0.717, 1.165) is 18.6 Å². The second-order valence-electron chi connectivity index (χ2n) is 2.25. The molecule has 0 spiro atoms. The monoisotopic (exact) mass is 194 g/mol. The molecule has 0 saturated carbocycles. The maximum absolute atomic E-state index is 11.0. The fourth-order valence-electron chi connectivity index (χ4n) is 0.850. The van der Waals surface area contributed by atoms with E-state index in [1.54, 1.807) is 0 Å². The van der Waals surface area contributed by atoms with Crippen molar-refractivity contribution in [3.8, 4) is 0 Å². The van der Waals surface area contributed by atoms with Gasteiger partial charge in [0.2, 0.25) is 0 Å². The minimum atomic E-state index is -0.102. The van der Waals surface area contributed by atoms with Crippen LogP contribution >= 0.6 is 22.5 Å². The van der Waals surface area contributed by atoms with Crippen LogP contribution in [0.3, 0.4) is 0 Å². The Hall–Kier alpha value is 0.170. The zero-order valence-corrected chi connectivity index (χ0v) is 8.58. The molecule has 1 atom stereocenters. The quantitative estimate of drug-likeness (QED) is 0.412. The Bertz CT molecular complexity index is 117. The van der Waals surface area contributed by atoms with E-state index >= 15 is 0 Å². The minimum Gasteiger partial charge on any atom is -0.469 e. The lowest BCUT2D eigenvalue weighted by molar-refractivity contribution is -0.145. The molecule has 0 aromatic rings. The summed E-state index contributed by atoms with van der Waals surface area (Å²) in [5.74, 6) is 0.853. The van der Waals surface area contributed by atoms with Crippen LogP contribution in [0.4, 0.5) is 0 Å². The minimum absolute atomic E-state index is 0.0552. The van der Waals surface area contributed by atoms with Gasteiger partial charge in [-0.3, -0.25) is 4.79 Å². The summed E-state index contributed by atoms with van der Waals surface area (Å²) in [6.07, 6.45) is 1.71. The highest BCUT2D eigenvalue weighted by atomic mass is 33.1. The van der Waals surface area contributed by atoms with Gasteiger partial charge in [-0.1, -0.05) is 17.7 Å². The lowest BCUT2D eigenvalue weighted by Gasteiger charge is -2.10. The van der Waals surface area contributed by atoms with Crippen LogP contribution in [0.2, 0.25) is 0 Å². The second-order valence-corrected chi connectivity index (χ2v) is 3.69. The van der Waals surface area contributed by atoms with Crippen LogP contribution in [0.25, 0.3) is 0 Å². The lowest BCUT2D eigenvalue weighted by atomic mass is 10.0. The molecular weight excluding hydrogens is 180 g/mol. The molecule has 0 aliphatic heterocycles. The van der Waals surface area contributed by atoms with Crippen molar-refractivity contribution in [2.75, 3.05) is 12.9 Å². The highest BCUT2D eigenvalue weighted by Gasteiger charge is 2.15. The van der Waals surface area contributed by atoms with E-state index in [9.17, 15) is 4.79 Å². The SMILES string of the molecule is CCC(CCSS)C(=O)OC. The topological polar surface area (TPSA) is 26.3 Å². The van der Waals surface area contributed by atoms with E-state index in [1.807, 2.05) is 6.92 Å². The molecule has 4 heteroatoms. The third kappa shape index (κ3) is 4.58. The Kier molecular flexibility index (Phi) is 6.96. The van der Waals surface area contributed by atoms with Gasteiger partial charge in [0.05, 0.1) is 13.0 Å². The summed E-state index contributed by atoms with van der Waals surface area (Å²) in [6.45, 7) is 1.99. The Morgan fingerprint density at radius 2 is 2.36 bits per heavy atom. The summed E-state index contributed by atoms with van der Waals surface area (Å²) in [5.41, 5.74) is 0. The summed E-state index contributed by atoms with van der Waals surface area (Å²) in [7, 11) is 2.89. The van der Waals surface area contributed by atoms with Gasteiger partial charge in [0.1, 0.15) is 0 Å². The highest BCUT2D eigenvalue weighted by Crippen LogP contribution is 2.15. The van der Waals surface area contributed by atoms with Gasteiger partial charge in [-0.15, -0.1) is 11.7 Å². The van der Waals surface area contributed by atoms with E-state index in [1.165, 1.54) is 17.9 Å². The molecule has 0 fully saturated rings. The Morgan fingerprint density at radius 3 is 2.73 bits per heavy atom. The number of carbonyl (C=O) groups is 1. The average Bonchev–Trinajstić information content (AvgIpc) is 2.05. The summed E-state index contributed by atoms with van der Waals surface area (Å²) >= 11 is 4.00. The molecular formula is C7H14O2S2. The predicted octanol–water partition coefficient (Wildman–Crippen LogP) is 2.15. The van der Waals surface area contributed by atoms with Crippen LogP contribution in [0.1, 0.15) is 19.8 Å². The first kappa shape index (κ1) is 11.2. The van der Waals surface area contributed by atoms with Crippen molar-refractivity contribution < 1.29 is 9.53 Å². The molecule has 2 nitrogen and oxygen atoms in total. The number of methoxy groups -OCH3 is 1. The van der Waals surface area contributed by atoms with Crippen LogP contribution in [0.5, 0.6) is 0 Å². The molecule has 1 unspecified atom stereocenters. The van der Waals surface area contributed by atoms with E-state index in [4.69, 9.17) is 0 Å². The Balaban J connectivity index is 3.65. The van der Waals surface area contributed by atoms with Crippen molar-refractivity contribution >= 4 is 28.4 Å². The molecule has 0 N–H and O–H groups in total. The lowest BCUT2D eigenvalue weighted by Crippen LogP contribution is -2.15. The molecule has 0 bridgehead atoms. The van der Waals surface area contributed by atoms with Crippen LogP contribution in [0.15, 0.2) is 0 Å². The molecule has 0 aromatic heterocycles. The van der Waals surface area contributed by atoms with Gasteiger partial charge >= 0.3 is 5.97 Å². The van der Waals surface area contributed by atoms with E-state index in [-0.39, 0.29) is 11.9 Å². The molecule has 0 aliphatic carbocycles. The summed E-state index contributed by atoms with van der Waals surface area (Å²) in [6, 6.07) is 0. The molecule has 0 saturated heterocycles. The molecule has 11 heavy (non-hydrogen) atoms. The number of esters is 1. The van der Waals surface area contributed by atoms with Gasteiger partial charge in [-0.05, 0) is 12.8 Å². The molecule has 0 radical (unpaired) electrons. The van der Waals surface area contributed by atoms with Crippen LogP contribution in [-0.2, 0) is 9.53 Å². The van der Waals surface area contributed by atoms with Crippen molar-refractivity contribution in [3.05, 3.63) is 0 Å². The van der Waals surface area contributed by atoms with E-state index in [0.29, 0.717) is 0 Å². The van der Waals surface area contributed by atoms with Gasteiger partial charge in [-0.2, -0.15) is 0 Å². The van der Waals surface area contributed by atoms with Gasteiger partial charge in [0.25, 0.3) is 0 Å². The Morgan fingerprint density at radius 1 is 1.73 bits per heavy atom. The standard InChI is InChI=1S/C7H14O2S2/c1-3-6(4-5-11-10)7(8)9-2/h6,10H,3-5H2,1-2H3. The largest absolute Gasteiger partial charge is 0.469 e. The predicted molar refractivity (Wildman–Crippen MR) is 51.9 cm³/mol. The van der Waals surface area contributed by atoms with Crippen LogP contribution < -0.4 is 0 Å². The second kappa shape index (κ2) is 6.85. The zero-order valence-electron chi connectivity index (χ0n) is 6.87. The van der Waals surface area contributed by atoms with E-state index < -0.39 is 0 Å². The average molecular weight is 194 g/mol. The van der Waals surface area contributed by atoms with Crippen molar-refractivity contribution in [3.63, 3.8) is 0 Å². The molecule has 0 rings (SSSR count). The fraction of sp³-hybridized carbons (Fsp3) is 0.857. The summed E-state index contributed by atoms with van der Waals surface area (Å²) in [5, 5.41) is 0. The fourth-order valence-corrected chi connectivity index (χ4v) is 1.56. The zero-order chi connectivity index (χ0) is 8.69. The molecule has 0 aliphatic rings. The first-order valence-electron chi connectivity index (χ1n) is 3.60. The smallest absolute Gasteiger partial charge is 0.308 e. The van der Waals surface area contributed by atoms with Crippen molar-refractivity contribution in [2.24, 2.45) is 5.92 Å². The summed E-state index contributed by atoms with van der Waals surface area (Å²) < 4.78 is 4.63. The molecule has 0 heterocycles. The van der Waals surface area contributed by atoms with E-state index in [2.05, 4.69) is 16.4 Å². The third-order valence-electron chi connectivity index (χ3n) is 1.58. The van der Waals surface area contributed by atoms with Crippen molar-refractivity contribution in [2.45, 2.75) is 19.8 Å². The number of hydrogen-bond acceptors (Lipinski definition) is 4. The van der Waals surface area contributed by atoms with Crippen molar-refractivity contribution in [1.82, 2.24) is 0 Å². The van der Waals surface area contributed by atoms with Gasteiger partial charge in [0, 0.05) is 5.75 Å². The number of ether oxygens (including phenoxy) is 1. The van der Waals surface area contributed by atoms with Gasteiger partial charge in [-0.25, -0.2) is 0 Å². The maximum Gasteiger partial charge on any atom is 0.308 e. The first-order valence-corrected chi connectivity index (χ1v) is 5.64. The summed E-state index contributed by atoms with van der Waals surface area (Å²) in [4.78, 5) is 11.0. The van der Waals surface area contributed by atoms with Gasteiger partial charge < -0.3 is 4.74 Å². The van der Waals surface area contributed by atoms with Crippen LogP contribution in [-0.4, -0.2) is 18.8 Å². The highest BCUT2D eigenvalue weighted by molar-refractivity contribution is 8.68. The third-order valence-corrected chi connectivity index (χ3v) is 2.55. The van der Waals surface area contributed by atoms with Crippen molar-refractivity contribution in [1.29, 1.82) is 0 Å². The van der Waals surface area contributed by atoms with Gasteiger partial charge in [0.15, 0.2) is 0 Å².